The lowest BCUT2D eigenvalue weighted by Gasteiger charge is -2.21. The lowest BCUT2D eigenvalue weighted by atomic mass is 10.1. The fraction of sp³-hybridized carbons (Fsp3) is 0.133. The first kappa shape index (κ1) is 14.9. The maximum atomic E-state index is 13.7. The minimum absolute atomic E-state index is 0.145. The van der Waals surface area contributed by atoms with Crippen LogP contribution in [-0.4, -0.2) is 7.05 Å². The highest BCUT2D eigenvalue weighted by molar-refractivity contribution is 5.65. The van der Waals surface area contributed by atoms with Crippen molar-refractivity contribution in [2.75, 3.05) is 11.9 Å². The highest BCUT2D eigenvalue weighted by Crippen LogP contribution is 2.36. The van der Waals surface area contributed by atoms with E-state index in [4.69, 9.17) is 5.26 Å². The van der Waals surface area contributed by atoms with E-state index in [9.17, 15) is 17.6 Å². The van der Waals surface area contributed by atoms with E-state index in [1.165, 1.54) is 42.3 Å². The van der Waals surface area contributed by atoms with Crippen LogP contribution in [0.15, 0.2) is 42.5 Å². The Balaban J connectivity index is 2.51. The van der Waals surface area contributed by atoms with Crippen LogP contribution in [0.25, 0.3) is 0 Å². The molecular weight excluding hydrogens is 284 g/mol. The molecule has 0 saturated heterocycles. The number of alkyl halides is 3. The van der Waals surface area contributed by atoms with E-state index in [1.54, 1.807) is 6.07 Å². The highest BCUT2D eigenvalue weighted by Gasteiger charge is 2.34. The zero-order valence-corrected chi connectivity index (χ0v) is 10.9. The average molecular weight is 294 g/mol. The molecule has 0 fully saturated rings. The van der Waals surface area contributed by atoms with Crippen LogP contribution in [-0.2, 0) is 6.18 Å². The first-order valence-electron chi connectivity index (χ1n) is 5.94. The molecular formula is C15H10F4N2. The van der Waals surface area contributed by atoms with Gasteiger partial charge in [0.2, 0.25) is 0 Å². The Morgan fingerprint density at radius 3 is 2.33 bits per heavy atom. The molecule has 0 aliphatic heterocycles. The van der Waals surface area contributed by atoms with Gasteiger partial charge in [0.25, 0.3) is 0 Å². The van der Waals surface area contributed by atoms with Gasteiger partial charge < -0.3 is 4.90 Å². The van der Waals surface area contributed by atoms with E-state index in [2.05, 4.69) is 0 Å². The lowest BCUT2D eigenvalue weighted by Crippen LogP contribution is -2.14. The number of benzene rings is 2. The van der Waals surface area contributed by atoms with Gasteiger partial charge in [0.1, 0.15) is 5.82 Å². The normalized spacial score (nSPS) is 11.0. The van der Waals surface area contributed by atoms with Gasteiger partial charge >= 0.3 is 6.18 Å². The number of hydrogen-bond acceptors (Lipinski definition) is 2. The fourth-order valence-corrected chi connectivity index (χ4v) is 1.94. The Labute approximate surface area is 118 Å². The quantitative estimate of drug-likeness (QED) is 0.763. The summed E-state index contributed by atoms with van der Waals surface area (Å²) in [4.78, 5) is 1.30. The van der Waals surface area contributed by atoms with Gasteiger partial charge in [-0.25, -0.2) is 4.39 Å². The third-order valence-electron chi connectivity index (χ3n) is 3.03. The molecule has 0 heterocycles. The highest BCUT2D eigenvalue weighted by atomic mass is 19.4. The van der Waals surface area contributed by atoms with Crippen LogP contribution in [0.1, 0.15) is 11.1 Å². The number of nitriles is 1. The van der Waals surface area contributed by atoms with Crippen molar-refractivity contribution in [1.29, 1.82) is 5.26 Å². The summed E-state index contributed by atoms with van der Waals surface area (Å²) < 4.78 is 52.4. The number of nitrogens with zero attached hydrogens (tertiary/aromatic N) is 2. The van der Waals surface area contributed by atoms with Gasteiger partial charge in [-0.15, -0.1) is 0 Å². The van der Waals surface area contributed by atoms with Crippen LogP contribution in [0.3, 0.4) is 0 Å². The van der Waals surface area contributed by atoms with Crippen LogP contribution < -0.4 is 4.90 Å². The molecule has 0 unspecified atom stereocenters. The molecule has 0 aliphatic carbocycles. The second-order valence-corrected chi connectivity index (χ2v) is 4.35. The predicted octanol–water partition coefficient (Wildman–Crippen LogP) is 4.48. The molecule has 2 nitrogen and oxygen atoms in total. The maximum absolute atomic E-state index is 13.7. The number of hydrogen-bond donors (Lipinski definition) is 0. The molecule has 108 valence electrons. The molecule has 2 aromatic rings. The van der Waals surface area contributed by atoms with Gasteiger partial charge in [0.15, 0.2) is 0 Å². The van der Waals surface area contributed by atoms with Crippen molar-refractivity contribution >= 4 is 11.4 Å². The largest absolute Gasteiger partial charge is 0.417 e. The summed E-state index contributed by atoms with van der Waals surface area (Å²) in [7, 11) is 1.46. The van der Waals surface area contributed by atoms with E-state index >= 15 is 0 Å². The Kier molecular flexibility index (Phi) is 3.85. The van der Waals surface area contributed by atoms with Crippen molar-refractivity contribution in [2.24, 2.45) is 0 Å². The van der Waals surface area contributed by atoms with Crippen molar-refractivity contribution in [2.45, 2.75) is 6.18 Å². The number of halogens is 4. The monoisotopic (exact) mass is 294 g/mol. The first-order valence-corrected chi connectivity index (χ1v) is 5.94. The molecule has 6 heteroatoms. The van der Waals surface area contributed by atoms with E-state index in [-0.39, 0.29) is 11.4 Å². The van der Waals surface area contributed by atoms with Gasteiger partial charge in [0, 0.05) is 12.7 Å². The molecule has 0 saturated carbocycles. The molecule has 0 radical (unpaired) electrons. The smallest absolute Gasteiger partial charge is 0.342 e. The third-order valence-corrected chi connectivity index (χ3v) is 3.03. The van der Waals surface area contributed by atoms with Crippen LogP contribution in [0.2, 0.25) is 0 Å². The maximum Gasteiger partial charge on any atom is 0.417 e. The van der Waals surface area contributed by atoms with Gasteiger partial charge in [0.05, 0.1) is 22.9 Å². The van der Waals surface area contributed by atoms with E-state index < -0.39 is 23.1 Å². The summed E-state index contributed by atoms with van der Waals surface area (Å²) in [6, 6.07) is 10.5. The summed E-state index contributed by atoms with van der Waals surface area (Å²) in [5.74, 6) is -0.544. The SMILES string of the molecule is CN(c1ccc(C#N)c(C(F)(F)F)c1)c1ccccc1F. The van der Waals surface area contributed by atoms with Crippen LogP contribution in [0.4, 0.5) is 28.9 Å². The number of rotatable bonds is 2. The van der Waals surface area contributed by atoms with Crippen LogP contribution in [0, 0.1) is 17.1 Å². The van der Waals surface area contributed by atoms with Crippen molar-refractivity contribution < 1.29 is 17.6 Å². The van der Waals surface area contributed by atoms with Crippen molar-refractivity contribution in [3.05, 3.63) is 59.4 Å². The van der Waals surface area contributed by atoms with E-state index in [1.807, 2.05) is 0 Å². The van der Waals surface area contributed by atoms with E-state index in [0.717, 1.165) is 12.1 Å². The fourth-order valence-electron chi connectivity index (χ4n) is 1.94. The van der Waals surface area contributed by atoms with E-state index in [0.29, 0.717) is 0 Å². The topological polar surface area (TPSA) is 27.0 Å². The predicted molar refractivity (Wildman–Crippen MR) is 70.6 cm³/mol. The summed E-state index contributed by atoms with van der Waals surface area (Å²) >= 11 is 0. The Bertz CT molecular complexity index is 702. The number of anilines is 2. The molecule has 2 aromatic carbocycles. The van der Waals surface area contributed by atoms with Gasteiger partial charge in [-0.3, -0.25) is 0 Å². The Morgan fingerprint density at radius 1 is 1.10 bits per heavy atom. The molecule has 0 aromatic heterocycles. The minimum atomic E-state index is -4.64. The molecule has 21 heavy (non-hydrogen) atoms. The Hall–Kier alpha value is -2.55. The van der Waals surface area contributed by atoms with Gasteiger partial charge in [-0.2, -0.15) is 18.4 Å². The summed E-state index contributed by atoms with van der Waals surface area (Å²) in [5, 5.41) is 8.75. The standard InChI is InChI=1S/C15H10F4N2/c1-21(14-5-3-2-4-13(14)16)11-7-6-10(9-20)12(8-11)15(17,18)19/h2-8H,1H3. The van der Waals surface area contributed by atoms with Crippen molar-refractivity contribution in [3.8, 4) is 6.07 Å². The second-order valence-electron chi connectivity index (χ2n) is 4.35. The molecule has 0 amide bonds. The summed E-state index contributed by atoms with van der Waals surface area (Å²) in [5.41, 5.74) is -1.21. The van der Waals surface area contributed by atoms with Crippen molar-refractivity contribution in [1.82, 2.24) is 0 Å². The Morgan fingerprint density at radius 2 is 1.76 bits per heavy atom. The van der Waals surface area contributed by atoms with Crippen LogP contribution in [0.5, 0.6) is 0 Å². The van der Waals surface area contributed by atoms with Crippen molar-refractivity contribution in [3.63, 3.8) is 0 Å². The zero-order chi connectivity index (χ0) is 15.6. The van der Waals surface area contributed by atoms with Crippen LogP contribution >= 0.6 is 0 Å². The summed E-state index contributed by atoms with van der Waals surface area (Å²) in [6.45, 7) is 0. The van der Waals surface area contributed by atoms with Gasteiger partial charge in [-0.05, 0) is 30.3 Å². The zero-order valence-electron chi connectivity index (χ0n) is 10.9. The number of para-hydroxylation sites is 1. The molecule has 0 bridgehead atoms. The lowest BCUT2D eigenvalue weighted by molar-refractivity contribution is -0.137. The molecule has 0 spiro atoms. The first-order chi connectivity index (χ1) is 9.84. The summed E-state index contributed by atoms with van der Waals surface area (Å²) in [6.07, 6.45) is -4.64. The molecule has 0 atom stereocenters. The van der Waals surface area contributed by atoms with Gasteiger partial charge in [-0.1, -0.05) is 12.1 Å². The molecule has 2 rings (SSSR count). The minimum Gasteiger partial charge on any atom is -0.342 e. The average Bonchev–Trinajstić information content (AvgIpc) is 2.45. The second kappa shape index (κ2) is 5.44. The molecule has 0 aliphatic rings. The molecule has 0 N–H and O–H groups in total. The third kappa shape index (κ3) is 2.97.